The van der Waals surface area contributed by atoms with Gasteiger partial charge < -0.3 is 9.47 Å². The minimum atomic E-state index is -0.268. The van der Waals surface area contributed by atoms with Gasteiger partial charge in [-0.05, 0) is 29.7 Å². The van der Waals surface area contributed by atoms with Crippen molar-refractivity contribution >= 4 is 0 Å². The van der Waals surface area contributed by atoms with Crippen molar-refractivity contribution < 1.29 is 13.9 Å². The molecular formula is C20H23FO2. The van der Waals surface area contributed by atoms with Crippen LogP contribution in [0.3, 0.4) is 0 Å². The van der Waals surface area contributed by atoms with Crippen LogP contribution in [0, 0.1) is 11.7 Å². The first-order chi connectivity index (χ1) is 11.3. The molecule has 0 radical (unpaired) electrons. The Labute approximate surface area is 137 Å². The van der Waals surface area contributed by atoms with Crippen molar-refractivity contribution in [1.82, 2.24) is 0 Å². The van der Waals surface area contributed by atoms with Crippen LogP contribution in [0.5, 0.6) is 0 Å². The van der Waals surface area contributed by atoms with Gasteiger partial charge >= 0.3 is 0 Å². The summed E-state index contributed by atoms with van der Waals surface area (Å²) < 4.78 is 24.7. The molecule has 23 heavy (non-hydrogen) atoms. The SMILES string of the molecule is CCCCC1COC(c2ccc(-c3ccc(F)cc3)cc2)OC1. The van der Waals surface area contributed by atoms with Gasteiger partial charge in [-0.1, -0.05) is 56.2 Å². The normalized spacial score (nSPS) is 21.3. The zero-order valence-electron chi connectivity index (χ0n) is 13.5. The highest BCUT2D eigenvalue weighted by Gasteiger charge is 2.23. The second-order valence-electron chi connectivity index (χ2n) is 6.14. The summed E-state index contributed by atoms with van der Waals surface area (Å²) in [7, 11) is 0. The van der Waals surface area contributed by atoms with Gasteiger partial charge in [0.1, 0.15) is 5.82 Å². The van der Waals surface area contributed by atoms with E-state index < -0.39 is 0 Å². The molecule has 1 saturated heterocycles. The molecule has 0 saturated carbocycles. The first-order valence-electron chi connectivity index (χ1n) is 8.35. The lowest BCUT2D eigenvalue weighted by atomic mass is 10.0. The fourth-order valence-corrected chi connectivity index (χ4v) is 2.87. The number of benzene rings is 2. The van der Waals surface area contributed by atoms with Gasteiger partial charge in [-0.25, -0.2) is 4.39 Å². The number of ether oxygens (including phenoxy) is 2. The van der Waals surface area contributed by atoms with Crippen molar-refractivity contribution in [3.63, 3.8) is 0 Å². The molecule has 0 amide bonds. The summed E-state index contributed by atoms with van der Waals surface area (Å²) in [6.07, 6.45) is 3.35. The summed E-state index contributed by atoms with van der Waals surface area (Å²) in [6.45, 7) is 3.74. The third-order valence-electron chi connectivity index (χ3n) is 4.29. The van der Waals surface area contributed by atoms with Gasteiger partial charge in [-0.15, -0.1) is 0 Å². The number of rotatable bonds is 5. The molecule has 1 aliphatic heterocycles. The largest absolute Gasteiger partial charge is 0.348 e. The van der Waals surface area contributed by atoms with Crippen LogP contribution in [0.2, 0.25) is 0 Å². The summed E-state index contributed by atoms with van der Waals surface area (Å²) in [5.41, 5.74) is 3.10. The lowest BCUT2D eigenvalue weighted by Gasteiger charge is -2.29. The van der Waals surface area contributed by atoms with Crippen LogP contribution in [-0.4, -0.2) is 13.2 Å². The van der Waals surface area contributed by atoms with Gasteiger partial charge in [0, 0.05) is 11.5 Å². The van der Waals surface area contributed by atoms with Crippen molar-refractivity contribution in [2.45, 2.75) is 32.5 Å². The Morgan fingerprint density at radius 1 is 0.913 bits per heavy atom. The Hall–Kier alpha value is -1.71. The van der Waals surface area contributed by atoms with E-state index in [9.17, 15) is 4.39 Å². The zero-order valence-corrected chi connectivity index (χ0v) is 13.5. The van der Waals surface area contributed by atoms with Crippen molar-refractivity contribution in [3.8, 4) is 11.1 Å². The summed E-state index contributed by atoms with van der Waals surface area (Å²) in [5.74, 6) is 0.302. The molecule has 1 fully saturated rings. The average molecular weight is 314 g/mol. The molecule has 1 aliphatic rings. The molecule has 0 spiro atoms. The van der Waals surface area contributed by atoms with E-state index >= 15 is 0 Å². The maximum Gasteiger partial charge on any atom is 0.183 e. The highest BCUT2D eigenvalue weighted by atomic mass is 19.1. The minimum absolute atomic E-state index is 0.216. The lowest BCUT2D eigenvalue weighted by Crippen LogP contribution is -2.27. The van der Waals surface area contributed by atoms with Gasteiger partial charge in [0.15, 0.2) is 6.29 Å². The summed E-state index contributed by atoms with van der Waals surface area (Å²) in [6, 6.07) is 14.6. The monoisotopic (exact) mass is 314 g/mol. The van der Waals surface area contributed by atoms with E-state index in [4.69, 9.17) is 9.47 Å². The predicted octanol–water partition coefficient (Wildman–Crippen LogP) is 5.34. The van der Waals surface area contributed by atoms with E-state index in [1.54, 1.807) is 12.1 Å². The first-order valence-corrected chi connectivity index (χ1v) is 8.35. The van der Waals surface area contributed by atoms with Gasteiger partial charge in [0.05, 0.1) is 13.2 Å². The van der Waals surface area contributed by atoms with Crippen molar-refractivity contribution in [2.75, 3.05) is 13.2 Å². The number of unbranched alkanes of at least 4 members (excludes halogenated alkanes) is 1. The second kappa shape index (κ2) is 7.71. The summed E-state index contributed by atoms with van der Waals surface area (Å²) in [5, 5.41) is 0. The Balaban J connectivity index is 1.61. The fourth-order valence-electron chi connectivity index (χ4n) is 2.87. The quantitative estimate of drug-likeness (QED) is 0.741. The molecular weight excluding hydrogens is 291 g/mol. The molecule has 0 atom stereocenters. The van der Waals surface area contributed by atoms with Crippen molar-refractivity contribution in [2.24, 2.45) is 5.92 Å². The summed E-state index contributed by atoms with van der Waals surface area (Å²) >= 11 is 0. The maximum atomic E-state index is 13.0. The van der Waals surface area contributed by atoms with Crippen LogP contribution >= 0.6 is 0 Å². The van der Waals surface area contributed by atoms with Crippen LogP contribution < -0.4 is 0 Å². The molecule has 0 N–H and O–H groups in total. The van der Waals surface area contributed by atoms with E-state index in [-0.39, 0.29) is 12.1 Å². The minimum Gasteiger partial charge on any atom is -0.348 e. The third-order valence-corrected chi connectivity index (χ3v) is 4.29. The highest BCUT2D eigenvalue weighted by molar-refractivity contribution is 5.63. The van der Waals surface area contributed by atoms with Crippen LogP contribution in [0.25, 0.3) is 11.1 Å². The Morgan fingerprint density at radius 2 is 1.48 bits per heavy atom. The molecule has 122 valence electrons. The molecule has 3 heteroatoms. The number of hydrogen-bond donors (Lipinski definition) is 0. The van der Waals surface area contributed by atoms with Crippen LogP contribution in [0.1, 0.15) is 38.0 Å². The Morgan fingerprint density at radius 3 is 2.04 bits per heavy atom. The number of halogens is 1. The molecule has 0 aromatic heterocycles. The van der Waals surface area contributed by atoms with E-state index in [2.05, 4.69) is 6.92 Å². The van der Waals surface area contributed by atoms with Crippen LogP contribution in [-0.2, 0) is 9.47 Å². The zero-order chi connectivity index (χ0) is 16.1. The van der Waals surface area contributed by atoms with Crippen LogP contribution in [0.4, 0.5) is 4.39 Å². The van der Waals surface area contributed by atoms with E-state index in [1.165, 1.54) is 31.4 Å². The lowest BCUT2D eigenvalue weighted by molar-refractivity contribution is -0.206. The van der Waals surface area contributed by atoms with Gasteiger partial charge in [-0.2, -0.15) is 0 Å². The third kappa shape index (κ3) is 4.18. The highest BCUT2D eigenvalue weighted by Crippen LogP contribution is 2.29. The van der Waals surface area contributed by atoms with Gasteiger partial charge in [-0.3, -0.25) is 0 Å². The van der Waals surface area contributed by atoms with Crippen molar-refractivity contribution in [1.29, 1.82) is 0 Å². The standard InChI is InChI=1S/C20H23FO2/c1-2-3-4-15-13-22-20(23-14-15)18-7-5-16(6-8-18)17-9-11-19(21)12-10-17/h5-12,15,20H,2-4,13-14H2,1H3. The predicted molar refractivity (Wildman–Crippen MR) is 89.5 cm³/mol. The fraction of sp³-hybridized carbons (Fsp3) is 0.400. The first kappa shape index (κ1) is 16.2. The van der Waals surface area contributed by atoms with E-state index in [0.29, 0.717) is 5.92 Å². The smallest absolute Gasteiger partial charge is 0.183 e. The molecule has 1 heterocycles. The van der Waals surface area contributed by atoms with Crippen molar-refractivity contribution in [3.05, 3.63) is 59.9 Å². The second-order valence-corrected chi connectivity index (χ2v) is 6.14. The number of hydrogen-bond acceptors (Lipinski definition) is 2. The van der Waals surface area contributed by atoms with E-state index in [1.807, 2.05) is 24.3 Å². The molecule has 0 bridgehead atoms. The molecule has 2 nitrogen and oxygen atoms in total. The molecule has 3 rings (SSSR count). The van der Waals surface area contributed by atoms with Crippen LogP contribution in [0.15, 0.2) is 48.5 Å². The topological polar surface area (TPSA) is 18.5 Å². The maximum absolute atomic E-state index is 13.0. The average Bonchev–Trinajstić information content (AvgIpc) is 2.61. The summed E-state index contributed by atoms with van der Waals surface area (Å²) in [4.78, 5) is 0. The molecule has 2 aromatic rings. The molecule has 0 aliphatic carbocycles. The van der Waals surface area contributed by atoms with Gasteiger partial charge in [0.2, 0.25) is 0 Å². The molecule has 0 unspecified atom stereocenters. The Bertz CT molecular complexity index is 599. The van der Waals surface area contributed by atoms with E-state index in [0.717, 1.165) is 29.9 Å². The molecule has 2 aromatic carbocycles. The van der Waals surface area contributed by atoms with Gasteiger partial charge in [0.25, 0.3) is 0 Å². The Kier molecular flexibility index (Phi) is 5.42.